The van der Waals surface area contributed by atoms with Gasteiger partial charge in [0.2, 0.25) is 5.91 Å². The monoisotopic (exact) mass is 416 g/mol. The summed E-state index contributed by atoms with van der Waals surface area (Å²) in [5, 5.41) is 3.23. The highest BCUT2D eigenvalue weighted by Crippen LogP contribution is 2.25. The molecule has 2 aromatic rings. The number of rotatable bonds is 8. The smallest absolute Gasteiger partial charge is 0.340 e. The predicted octanol–water partition coefficient (Wildman–Crippen LogP) is 2.82. The highest BCUT2D eigenvalue weighted by atomic mass is 35.5. The van der Waals surface area contributed by atoms with Gasteiger partial charge in [-0.15, -0.1) is 0 Å². The van der Waals surface area contributed by atoms with E-state index in [0.29, 0.717) is 29.4 Å². The lowest BCUT2D eigenvalue weighted by Crippen LogP contribution is -2.32. The zero-order valence-electron chi connectivity index (χ0n) is 15.7. The first-order valence-corrected chi connectivity index (χ1v) is 9.64. The molecule has 0 radical (unpaired) electrons. The number of carbonyl (C=O) groups is 3. The maximum Gasteiger partial charge on any atom is 0.340 e. The van der Waals surface area contributed by atoms with Crippen LogP contribution in [0.5, 0.6) is 5.75 Å². The normalized spacial score (nSPS) is 13.3. The second-order valence-electron chi connectivity index (χ2n) is 6.39. The molecule has 2 amide bonds. The summed E-state index contributed by atoms with van der Waals surface area (Å²) in [5.41, 5.74) is 0.776. The summed E-state index contributed by atoms with van der Waals surface area (Å²) in [4.78, 5) is 37.8. The Bertz CT molecular complexity index is 885. The predicted molar refractivity (Wildman–Crippen MR) is 108 cm³/mol. The quantitative estimate of drug-likeness (QED) is 0.528. The van der Waals surface area contributed by atoms with Gasteiger partial charge >= 0.3 is 5.97 Å². The van der Waals surface area contributed by atoms with E-state index in [0.717, 1.165) is 6.42 Å². The molecule has 0 bridgehead atoms. The first-order valence-electron chi connectivity index (χ1n) is 9.26. The number of para-hydroxylation sites is 1. The van der Waals surface area contributed by atoms with Crippen molar-refractivity contribution in [3.8, 4) is 5.75 Å². The minimum atomic E-state index is -0.645. The number of nitrogens with one attached hydrogen (secondary N) is 1. The Balaban J connectivity index is 1.44. The second kappa shape index (κ2) is 9.93. The molecule has 152 valence electrons. The number of ether oxygens (including phenoxy) is 2. The number of carbonyl (C=O) groups excluding carboxylic acids is 3. The van der Waals surface area contributed by atoms with Crippen LogP contribution in [-0.4, -0.2) is 44.1 Å². The Morgan fingerprint density at radius 2 is 1.86 bits per heavy atom. The summed E-state index contributed by atoms with van der Waals surface area (Å²) in [6, 6.07) is 13.6. The summed E-state index contributed by atoms with van der Waals surface area (Å²) in [6.45, 7) is 0.679. The molecular formula is C21H21ClN2O5. The maximum atomic E-state index is 12.4. The van der Waals surface area contributed by atoms with Crippen molar-refractivity contribution in [2.24, 2.45) is 0 Å². The third-order valence-corrected chi connectivity index (χ3v) is 4.58. The van der Waals surface area contributed by atoms with E-state index in [1.54, 1.807) is 53.4 Å². The van der Waals surface area contributed by atoms with Crippen LogP contribution in [0.3, 0.4) is 0 Å². The molecule has 1 aliphatic rings. The molecule has 8 heteroatoms. The number of amides is 2. The van der Waals surface area contributed by atoms with Crippen LogP contribution in [-0.2, 0) is 14.3 Å². The Kier molecular flexibility index (Phi) is 7.08. The maximum absolute atomic E-state index is 12.4. The lowest BCUT2D eigenvalue weighted by atomic mass is 10.1. The van der Waals surface area contributed by atoms with Crippen molar-refractivity contribution < 1.29 is 23.9 Å². The summed E-state index contributed by atoms with van der Waals surface area (Å²) in [7, 11) is 0. The summed E-state index contributed by atoms with van der Waals surface area (Å²) in [6.07, 6.45) is 1.21. The molecular weight excluding hydrogens is 396 g/mol. The van der Waals surface area contributed by atoms with E-state index in [4.69, 9.17) is 21.1 Å². The van der Waals surface area contributed by atoms with Crippen LogP contribution in [0.15, 0.2) is 48.5 Å². The van der Waals surface area contributed by atoms with Crippen LogP contribution in [0.2, 0.25) is 5.02 Å². The van der Waals surface area contributed by atoms with E-state index in [2.05, 4.69) is 5.32 Å². The van der Waals surface area contributed by atoms with Crippen molar-refractivity contribution in [2.45, 2.75) is 12.8 Å². The Labute approximate surface area is 173 Å². The number of esters is 1. The SMILES string of the molecule is O=C(COC(=O)c1ccccc1N1CCCC1=O)NCCOc1ccc(Cl)cc1. The lowest BCUT2D eigenvalue weighted by molar-refractivity contribution is -0.124. The topological polar surface area (TPSA) is 84.9 Å². The van der Waals surface area contributed by atoms with Crippen molar-refractivity contribution in [3.05, 3.63) is 59.1 Å². The summed E-state index contributed by atoms with van der Waals surface area (Å²) < 4.78 is 10.6. The van der Waals surface area contributed by atoms with E-state index in [1.165, 1.54) is 0 Å². The molecule has 1 heterocycles. The number of anilines is 1. The molecule has 1 saturated heterocycles. The van der Waals surface area contributed by atoms with E-state index in [-0.39, 0.29) is 24.6 Å². The van der Waals surface area contributed by atoms with Crippen molar-refractivity contribution in [3.63, 3.8) is 0 Å². The molecule has 0 atom stereocenters. The minimum Gasteiger partial charge on any atom is -0.492 e. The number of hydrogen-bond acceptors (Lipinski definition) is 5. The zero-order chi connectivity index (χ0) is 20.6. The van der Waals surface area contributed by atoms with Crippen molar-refractivity contribution in [1.29, 1.82) is 0 Å². The van der Waals surface area contributed by atoms with Crippen molar-refractivity contribution in [2.75, 3.05) is 31.2 Å². The Morgan fingerprint density at radius 1 is 1.10 bits per heavy atom. The van der Waals surface area contributed by atoms with E-state index >= 15 is 0 Å². The molecule has 0 spiro atoms. The van der Waals surface area contributed by atoms with Gasteiger partial charge in [0.1, 0.15) is 12.4 Å². The number of benzene rings is 2. The Morgan fingerprint density at radius 3 is 2.59 bits per heavy atom. The van der Waals surface area contributed by atoms with Gasteiger partial charge in [0.05, 0.1) is 17.8 Å². The minimum absolute atomic E-state index is 0.0244. The highest BCUT2D eigenvalue weighted by Gasteiger charge is 2.26. The first kappa shape index (κ1) is 20.7. The molecule has 0 unspecified atom stereocenters. The molecule has 0 aromatic heterocycles. The fourth-order valence-corrected chi connectivity index (χ4v) is 3.06. The molecule has 29 heavy (non-hydrogen) atoms. The average molecular weight is 417 g/mol. The van der Waals surface area contributed by atoms with Gasteiger partial charge in [-0.3, -0.25) is 9.59 Å². The fraction of sp³-hybridized carbons (Fsp3) is 0.286. The van der Waals surface area contributed by atoms with Gasteiger partial charge in [-0.1, -0.05) is 23.7 Å². The van der Waals surface area contributed by atoms with E-state index in [1.807, 2.05) is 0 Å². The van der Waals surface area contributed by atoms with Crippen LogP contribution >= 0.6 is 11.6 Å². The standard InChI is InChI=1S/C21H21ClN2O5/c22-15-7-9-16(10-8-15)28-13-11-23-19(25)14-29-21(27)17-4-1-2-5-18(17)24-12-3-6-20(24)26/h1-2,4-5,7-10H,3,6,11-14H2,(H,23,25). The number of nitrogens with zero attached hydrogens (tertiary/aromatic N) is 1. The fourth-order valence-electron chi connectivity index (χ4n) is 2.93. The van der Waals surface area contributed by atoms with Gasteiger partial charge in [0.15, 0.2) is 6.61 Å². The van der Waals surface area contributed by atoms with E-state index in [9.17, 15) is 14.4 Å². The highest BCUT2D eigenvalue weighted by molar-refractivity contribution is 6.30. The number of hydrogen-bond donors (Lipinski definition) is 1. The van der Waals surface area contributed by atoms with E-state index < -0.39 is 18.5 Å². The molecule has 1 fully saturated rings. The molecule has 0 aliphatic carbocycles. The molecule has 3 rings (SSSR count). The third-order valence-electron chi connectivity index (χ3n) is 4.33. The van der Waals surface area contributed by atoms with Gasteiger partial charge in [-0.25, -0.2) is 4.79 Å². The number of halogens is 1. The van der Waals surface area contributed by atoms with Gasteiger partial charge in [0.25, 0.3) is 5.91 Å². The molecule has 2 aromatic carbocycles. The van der Waals surface area contributed by atoms with Gasteiger partial charge in [0, 0.05) is 18.0 Å². The van der Waals surface area contributed by atoms with Crippen LogP contribution < -0.4 is 15.0 Å². The van der Waals surface area contributed by atoms with Gasteiger partial charge in [-0.05, 0) is 42.8 Å². The summed E-state index contributed by atoms with van der Waals surface area (Å²) in [5.74, 6) is -0.465. The average Bonchev–Trinajstić information content (AvgIpc) is 3.16. The molecule has 0 saturated carbocycles. The molecule has 1 N–H and O–H groups in total. The Hall–Kier alpha value is -3.06. The van der Waals surface area contributed by atoms with Crippen LogP contribution in [0.4, 0.5) is 5.69 Å². The summed E-state index contributed by atoms with van der Waals surface area (Å²) >= 11 is 5.80. The van der Waals surface area contributed by atoms with Crippen LogP contribution in [0.1, 0.15) is 23.2 Å². The molecule has 7 nitrogen and oxygen atoms in total. The van der Waals surface area contributed by atoms with Crippen molar-refractivity contribution >= 4 is 35.1 Å². The zero-order valence-corrected chi connectivity index (χ0v) is 16.5. The second-order valence-corrected chi connectivity index (χ2v) is 6.83. The van der Waals surface area contributed by atoms with Gasteiger partial charge in [-0.2, -0.15) is 0 Å². The molecule has 1 aliphatic heterocycles. The first-order chi connectivity index (χ1) is 14.0. The van der Waals surface area contributed by atoms with Crippen molar-refractivity contribution in [1.82, 2.24) is 5.32 Å². The lowest BCUT2D eigenvalue weighted by Gasteiger charge is -2.18. The largest absolute Gasteiger partial charge is 0.492 e. The van der Waals surface area contributed by atoms with Crippen LogP contribution in [0, 0.1) is 0 Å². The van der Waals surface area contributed by atoms with Gasteiger partial charge < -0.3 is 19.7 Å². The third kappa shape index (κ3) is 5.71. The van der Waals surface area contributed by atoms with Crippen LogP contribution in [0.25, 0.3) is 0 Å².